The Labute approximate surface area is 151 Å². The zero-order chi connectivity index (χ0) is 17.9. The maximum atomic E-state index is 12.6. The summed E-state index contributed by atoms with van der Waals surface area (Å²) in [6.07, 6.45) is 6.16. The van der Waals surface area contributed by atoms with Crippen LogP contribution in [0.15, 0.2) is 42.7 Å². The van der Waals surface area contributed by atoms with Crippen molar-refractivity contribution in [1.82, 2.24) is 29.9 Å². The van der Waals surface area contributed by atoms with E-state index >= 15 is 0 Å². The van der Waals surface area contributed by atoms with Crippen LogP contribution >= 0.6 is 0 Å². The van der Waals surface area contributed by atoms with Gasteiger partial charge in [-0.15, -0.1) is 0 Å². The number of carbonyl (C=O) groups excluding carboxylic acids is 1. The molecular formula is C18H21N7O. The van der Waals surface area contributed by atoms with Gasteiger partial charge < -0.3 is 10.6 Å². The number of aryl methyl sites for hydroxylation is 2. The molecule has 26 heavy (non-hydrogen) atoms. The van der Waals surface area contributed by atoms with Gasteiger partial charge in [-0.1, -0.05) is 19.1 Å². The van der Waals surface area contributed by atoms with Crippen molar-refractivity contribution in [3.05, 3.63) is 54.4 Å². The quantitative estimate of drug-likeness (QED) is 0.756. The van der Waals surface area contributed by atoms with Gasteiger partial charge in [0.15, 0.2) is 5.82 Å². The molecule has 0 radical (unpaired) electrons. The van der Waals surface area contributed by atoms with Gasteiger partial charge in [-0.25, -0.2) is 19.1 Å². The van der Waals surface area contributed by atoms with Gasteiger partial charge in [0.25, 0.3) is 0 Å². The van der Waals surface area contributed by atoms with Crippen LogP contribution in [-0.2, 0) is 13.0 Å². The number of amides is 2. The number of benzene rings is 1. The standard InChI is InChI=1S/C18H21N7O/c1-2-16-22-17-14(8-5-11-25(17)23-16)21-18(26)20-13-7-3-4-9-15(13)24-12-6-10-19-24/h3-4,6-7,9-10,12,14H,2,5,8,11H2,1H3,(H2,20,21,26). The number of nitrogens with one attached hydrogen (secondary N) is 2. The minimum absolute atomic E-state index is 0.131. The van der Waals surface area contributed by atoms with E-state index in [2.05, 4.69) is 25.8 Å². The first-order valence-electron chi connectivity index (χ1n) is 8.85. The number of rotatable bonds is 4. The predicted molar refractivity (Wildman–Crippen MR) is 97.1 cm³/mol. The Balaban J connectivity index is 1.50. The van der Waals surface area contributed by atoms with E-state index in [-0.39, 0.29) is 12.1 Å². The van der Waals surface area contributed by atoms with Gasteiger partial charge in [0.2, 0.25) is 0 Å². The van der Waals surface area contributed by atoms with Crippen LogP contribution in [0.2, 0.25) is 0 Å². The molecule has 0 aliphatic carbocycles. The van der Waals surface area contributed by atoms with E-state index in [0.717, 1.165) is 43.1 Å². The second kappa shape index (κ2) is 6.99. The van der Waals surface area contributed by atoms with Crippen LogP contribution in [0.5, 0.6) is 0 Å². The van der Waals surface area contributed by atoms with E-state index in [9.17, 15) is 4.79 Å². The molecule has 0 bridgehead atoms. The summed E-state index contributed by atoms with van der Waals surface area (Å²) in [6.45, 7) is 2.88. The number of para-hydroxylation sites is 2. The SMILES string of the molecule is CCc1nc2n(n1)CCCC2NC(=O)Nc1ccccc1-n1cccn1. The third-order valence-corrected chi connectivity index (χ3v) is 4.44. The van der Waals surface area contributed by atoms with Crippen LogP contribution in [0.25, 0.3) is 5.69 Å². The molecule has 1 atom stereocenters. The van der Waals surface area contributed by atoms with Gasteiger partial charge in [-0.05, 0) is 31.0 Å². The lowest BCUT2D eigenvalue weighted by Crippen LogP contribution is -2.36. The Hall–Kier alpha value is -3.16. The Morgan fingerprint density at radius 2 is 2.19 bits per heavy atom. The highest BCUT2D eigenvalue weighted by atomic mass is 16.2. The first-order chi connectivity index (χ1) is 12.7. The van der Waals surface area contributed by atoms with E-state index in [1.54, 1.807) is 10.9 Å². The number of anilines is 1. The summed E-state index contributed by atoms with van der Waals surface area (Å²) in [6, 6.07) is 9.01. The van der Waals surface area contributed by atoms with Crippen LogP contribution in [0, 0.1) is 0 Å². The van der Waals surface area contributed by atoms with Gasteiger partial charge in [-0.2, -0.15) is 10.2 Å². The van der Waals surface area contributed by atoms with Crippen molar-refractivity contribution in [2.75, 3.05) is 5.32 Å². The Morgan fingerprint density at radius 1 is 1.31 bits per heavy atom. The highest BCUT2D eigenvalue weighted by molar-refractivity contribution is 5.91. The Kier molecular flexibility index (Phi) is 4.39. The molecule has 8 nitrogen and oxygen atoms in total. The fraction of sp³-hybridized carbons (Fsp3) is 0.333. The molecule has 4 rings (SSSR count). The fourth-order valence-corrected chi connectivity index (χ4v) is 3.19. The molecule has 1 unspecified atom stereocenters. The largest absolute Gasteiger partial charge is 0.328 e. The number of fused-ring (bicyclic) bond motifs is 1. The maximum Gasteiger partial charge on any atom is 0.319 e. The second-order valence-electron chi connectivity index (χ2n) is 6.22. The van der Waals surface area contributed by atoms with Crippen molar-refractivity contribution < 1.29 is 4.79 Å². The minimum Gasteiger partial charge on any atom is -0.328 e. The molecule has 2 aromatic heterocycles. The number of aromatic nitrogens is 5. The second-order valence-corrected chi connectivity index (χ2v) is 6.22. The molecule has 3 heterocycles. The number of hydrogen-bond donors (Lipinski definition) is 2. The minimum atomic E-state index is -0.260. The summed E-state index contributed by atoms with van der Waals surface area (Å²) in [5.74, 6) is 1.65. The highest BCUT2D eigenvalue weighted by Crippen LogP contribution is 2.24. The molecule has 3 aromatic rings. The zero-order valence-corrected chi connectivity index (χ0v) is 14.6. The number of nitrogens with zero attached hydrogens (tertiary/aromatic N) is 5. The lowest BCUT2D eigenvalue weighted by Gasteiger charge is -2.23. The van der Waals surface area contributed by atoms with Crippen LogP contribution in [-0.4, -0.2) is 30.6 Å². The molecule has 0 fully saturated rings. The number of carbonyl (C=O) groups is 1. The molecule has 8 heteroatoms. The van der Waals surface area contributed by atoms with Crippen LogP contribution in [0.3, 0.4) is 0 Å². The van der Waals surface area contributed by atoms with E-state index in [1.807, 2.05) is 48.1 Å². The summed E-state index contributed by atoms with van der Waals surface area (Å²) in [5, 5.41) is 14.7. The highest BCUT2D eigenvalue weighted by Gasteiger charge is 2.25. The van der Waals surface area contributed by atoms with Crippen molar-refractivity contribution in [3.8, 4) is 5.69 Å². The molecule has 0 saturated carbocycles. The van der Waals surface area contributed by atoms with Crippen molar-refractivity contribution in [2.45, 2.75) is 38.8 Å². The third-order valence-electron chi connectivity index (χ3n) is 4.44. The predicted octanol–water partition coefficient (Wildman–Crippen LogP) is 2.68. The Morgan fingerprint density at radius 3 is 3.00 bits per heavy atom. The number of urea groups is 1. The maximum absolute atomic E-state index is 12.6. The topological polar surface area (TPSA) is 89.7 Å². The normalized spacial score (nSPS) is 16.1. The Bertz CT molecular complexity index is 900. The average Bonchev–Trinajstić information content (AvgIpc) is 3.32. The average molecular weight is 351 g/mol. The first-order valence-corrected chi connectivity index (χ1v) is 8.85. The summed E-state index contributed by atoms with van der Waals surface area (Å²) in [7, 11) is 0. The summed E-state index contributed by atoms with van der Waals surface area (Å²) < 4.78 is 3.63. The lowest BCUT2D eigenvalue weighted by molar-refractivity contribution is 0.244. The van der Waals surface area contributed by atoms with Gasteiger partial charge in [-0.3, -0.25) is 0 Å². The van der Waals surface area contributed by atoms with Gasteiger partial charge in [0, 0.05) is 25.4 Å². The third kappa shape index (κ3) is 3.17. The van der Waals surface area contributed by atoms with Crippen LogP contribution in [0.1, 0.15) is 37.5 Å². The smallest absolute Gasteiger partial charge is 0.319 e. The number of hydrogen-bond acceptors (Lipinski definition) is 4. The van der Waals surface area contributed by atoms with E-state index in [0.29, 0.717) is 5.69 Å². The molecular weight excluding hydrogens is 330 g/mol. The van der Waals surface area contributed by atoms with Crippen molar-refractivity contribution in [1.29, 1.82) is 0 Å². The van der Waals surface area contributed by atoms with E-state index in [4.69, 9.17) is 0 Å². The lowest BCUT2D eigenvalue weighted by atomic mass is 10.1. The van der Waals surface area contributed by atoms with E-state index < -0.39 is 0 Å². The first kappa shape index (κ1) is 16.3. The van der Waals surface area contributed by atoms with E-state index in [1.165, 1.54) is 0 Å². The van der Waals surface area contributed by atoms with Gasteiger partial charge in [0.1, 0.15) is 5.82 Å². The zero-order valence-electron chi connectivity index (χ0n) is 14.6. The molecule has 2 amide bonds. The van der Waals surface area contributed by atoms with Gasteiger partial charge >= 0.3 is 6.03 Å². The molecule has 134 valence electrons. The summed E-state index contributed by atoms with van der Waals surface area (Å²) in [5.41, 5.74) is 1.51. The van der Waals surface area contributed by atoms with Crippen molar-refractivity contribution >= 4 is 11.7 Å². The molecule has 0 spiro atoms. The van der Waals surface area contributed by atoms with Gasteiger partial charge in [0.05, 0.1) is 17.4 Å². The van der Waals surface area contributed by atoms with Crippen LogP contribution in [0.4, 0.5) is 10.5 Å². The molecule has 1 aliphatic heterocycles. The molecule has 2 N–H and O–H groups in total. The van der Waals surface area contributed by atoms with Crippen molar-refractivity contribution in [2.24, 2.45) is 0 Å². The molecule has 1 aromatic carbocycles. The summed E-state index contributed by atoms with van der Waals surface area (Å²) >= 11 is 0. The molecule has 1 aliphatic rings. The van der Waals surface area contributed by atoms with Crippen molar-refractivity contribution in [3.63, 3.8) is 0 Å². The molecule has 0 saturated heterocycles. The van der Waals surface area contributed by atoms with Crippen LogP contribution < -0.4 is 10.6 Å². The summed E-state index contributed by atoms with van der Waals surface area (Å²) in [4.78, 5) is 17.1. The fourth-order valence-electron chi connectivity index (χ4n) is 3.19. The monoisotopic (exact) mass is 351 g/mol.